The number of benzene rings is 1. The molecule has 6 nitrogen and oxygen atoms in total. The van der Waals surface area contributed by atoms with Gasteiger partial charge < -0.3 is 14.2 Å². The monoisotopic (exact) mass is 378 g/mol. The van der Waals surface area contributed by atoms with Gasteiger partial charge in [0.25, 0.3) is 5.91 Å². The lowest BCUT2D eigenvalue weighted by molar-refractivity contribution is 0.0799. The van der Waals surface area contributed by atoms with E-state index in [4.69, 9.17) is 4.42 Å². The summed E-state index contributed by atoms with van der Waals surface area (Å²) in [4.78, 5) is 23.0. The molecule has 0 atom stereocenters. The van der Waals surface area contributed by atoms with E-state index in [0.717, 1.165) is 61.5 Å². The van der Waals surface area contributed by atoms with Gasteiger partial charge in [0.15, 0.2) is 11.3 Å². The number of piperazine rings is 1. The summed E-state index contributed by atoms with van der Waals surface area (Å²) in [6.07, 6.45) is 2.83. The Labute approximate surface area is 165 Å². The first-order valence-electron chi connectivity index (χ1n) is 9.73. The number of para-hydroxylation sites is 1. The zero-order chi connectivity index (χ0) is 19.5. The highest BCUT2D eigenvalue weighted by atomic mass is 16.3. The van der Waals surface area contributed by atoms with Crippen molar-refractivity contribution in [3.8, 4) is 0 Å². The van der Waals surface area contributed by atoms with E-state index in [0.29, 0.717) is 5.76 Å². The lowest BCUT2D eigenvalue weighted by atomic mass is 10.2. The van der Waals surface area contributed by atoms with Gasteiger partial charge in [0.1, 0.15) is 0 Å². The van der Waals surface area contributed by atoms with Gasteiger partial charge >= 0.3 is 0 Å². The summed E-state index contributed by atoms with van der Waals surface area (Å²) in [7, 11) is 3.47. The minimum atomic E-state index is -0.110. The summed E-state index contributed by atoms with van der Waals surface area (Å²) < 4.78 is 5.95. The molecule has 0 aliphatic carbocycles. The average Bonchev–Trinajstić information content (AvgIpc) is 3.17. The second-order valence-corrected chi connectivity index (χ2v) is 7.41. The predicted molar refractivity (Wildman–Crippen MR) is 111 cm³/mol. The Morgan fingerprint density at radius 3 is 2.64 bits per heavy atom. The van der Waals surface area contributed by atoms with Gasteiger partial charge in [0, 0.05) is 70.5 Å². The molecule has 0 spiro atoms. The number of aromatic nitrogens is 1. The van der Waals surface area contributed by atoms with Gasteiger partial charge in [-0.05, 0) is 24.3 Å². The molecule has 1 aliphatic rings. The quantitative estimate of drug-likeness (QED) is 0.683. The van der Waals surface area contributed by atoms with Crippen molar-refractivity contribution >= 4 is 22.6 Å². The van der Waals surface area contributed by atoms with Crippen molar-refractivity contribution in [2.24, 2.45) is 0 Å². The summed E-state index contributed by atoms with van der Waals surface area (Å²) in [5, 5.41) is 0.972. The van der Waals surface area contributed by atoms with E-state index in [9.17, 15) is 4.79 Å². The van der Waals surface area contributed by atoms with Crippen molar-refractivity contribution in [3.63, 3.8) is 0 Å². The Hall–Kier alpha value is -2.86. The number of hydrogen-bond donors (Lipinski definition) is 0. The topological polar surface area (TPSA) is 52.8 Å². The van der Waals surface area contributed by atoms with Gasteiger partial charge in [-0.1, -0.05) is 18.2 Å². The fourth-order valence-electron chi connectivity index (χ4n) is 3.65. The standard InChI is InChI=1S/C22H26N4O2/c1-24(2)22(27)20-16-17-6-5-8-19(21(17)28-20)26-14-12-25(13-15-26)11-9-18-7-3-4-10-23-18/h3-8,10,16H,9,11-15H2,1-2H3. The number of carbonyl (C=O) groups is 1. The molecule has 0 radical (unpaired) electrons. The number of carbonyl (C=O) groups excluding carboxylic acids is 1. The molecular weight excluding hydrogens is 352 g/mol. The molecule has 3 heterocycles. The Bertz CT molecular complexity index is 944. The Morgan fingerprint density at radius 1 is 1.11 bits per heavy atom. The van der Waals surface area contributed by atoms with Crippen LogP contribution < -0.4 is 4.90 Å². The van der Waals surface area contributed by atoms with Gasteiger partial charge in [-0.25, -0.2) is 0 Å². The molecule has 1 aliphatic heterocycles. The van der Waals surface area contributed by atoms with E-state index in [1.165, 1.54) is 4.90 Å². The molecule has 1 saturated heterocycles. The summed E-state index contributed by atoms with van der Waals surface area (Å²) in [5.41, 5.74) is 3.01. The fraction of sp³-hybridized carbons (Fsp3) is 0.364. The van der Waals surface area contributed by atoms with Crippen LogP contribution in [0.4, 0.5) is 5.69 Å². The van der Waals surface area contributed by atoms with E-state index in [-0.39, 0.29) is 5.91 Å². The molecule has 146 valence electrons. The molecule has 1 amide bonds. The van der Waals surface area contributed by atoms with E-state index in [2.05, 4.69) is 26.9 Å². The number of nitrogens with zero attached hydrogens (tertiary/aromatic N) is 4. The molecule has 1 fully saturated rings. The normalized spacial score (nSPS) is 15.1. The maximum Gasteiger partial charge on any atom is 0.289 e. The third-order valence-corrected chi connectivity index (χ3v) is 5.26. The van der Waals surface area contributed by atoms with E-state index in [1.54, 1.807) is 14.1 Å². The third-order valence-electron chi connectivity index (χ3n) is 5.26. The van der Waals surface area contributed by atoms with Crippen molar-refractivity contribution in [1.82, 2.24) is 14.8 Å². The molecule has 4 rings (SSSR count). The maximum absolute atomic E-state index is 12.2. The van der Waals surface area contributed by atoms with Crippen molar-refractivity contribution < 1.29 is 9.21 Å². The van der Waals surface area contributed by atoms with Crippen LogP contribution in [0.5, 0.6) is 0 Å². The second kappa shape index (κ2) is 8.02. The largest absolute Gasteiger partial charge is 0.449 e. The molecule has 0 unspecified atom stereocenters. The SMILES string of the molecule is CN(C)C(=O)c1cc2cccc(N3CCN(CCc4ccccn4)CC3)c2o1. The van der Waals surface area contributed by atoms with Crippen molar-refractivity contribution in [2.45, 2.75) is 6.42 Å². The van der Waals surface area contributed by atoms with Crippen molar-refractivity contribution in [3.05, 3.63) is 60.1 Å². The predicted octanol–water partition coefficient (Wildman–Crippen LogP) is 2.89. The average molecular weight is 378 g/mol. The molecule has 0 saturated carbocycles. The first-order chi connectivity index (χ1) is 13.6. The van der Waals surface area contributed by atoms with Gasteiger partial charge in [-0.2, -0.15) is 0 Å². The highest BCUT2D eigenvalue weighted by molar-refractivity contribution is 5.99. The van der Waals surface area contributed by atoms with Crippen LogP contribution in [0, 0.1) is 0 Å². The fourth-order valence-corrected chi connectivity index (χ4v) is 3.65. The summed E-state index contributed by atoms with van der Waals surface area (Å²) in [6.45, 7) is 4.93. The van der Waals surface area contributed by atoms with E-state index >= 15 is 0 Å². The highest BCUT2D eigenvalue weighted by Crippen LogP contribution is 2.30. The first kappa shape index (κ1) is 18.5. The number of hydrogen-bond acceptors (Lipinski definition) is 5. The third kappa shape index (κ3) is 3.87. The van der Waals surface area contributed by atoms with Gasteiger partial charge in [-0.15, -0.1) is 0 Å². The zero-order valence-electron chi connectivity index (χ0n) is 16.5. The second-order valence-electron chi connectivity index (χ2n) is 7.41. The molecule has 6 heteroatoms. The Balaban J connectivity index is 1.43. The van der Waals surface area contributed by atoms with Crippen LogP contribution in [-0.2, 0) is 6.42 Å². The van der Waals surface area contributed by atoms with E-state index in [1.807, 2.05) is 36.5 Å². The molecule has 0 N–H and O–H groups in total. The minimum Gasteiger partial charge on any atom is -0.449 e. The van der Waals surface area contributed by atoms with Gasteiger partial charge in [-0.3, -0.25) is 14.7 Å². The van der Waals surface area contributed by atoms with Crippen LogP contribution in [-0.4, -0.2) is 67.5 Å². The molecule has 0 bridgehead atoms. The first-order valence-corrected chi connectivity index (χ1v) is 9.73. The number of fused-ring (bicyclic) bond motifs is 1. The zero-order valence-corrected chi connectivity index (χ0v) is 16.5. The van der Waals surface area contributed by atoms with Crippen molar-refractivity contribution in [2.75, 3.05) is 51.7 Å². The van der Waals surface area contributed by atoms with Crippen LogP contribution in [0.2, 0.25) is 0 Å². The van der Waals surface area contributed by atoms with Gasteiger partial charge in [0.05, 0.1) is 5.69 Å². The summed E-state index contributed by atoms with van der Waals surface area (Å²) in [5.74, 6) is 0.280. The van der Waals surface area contributed by atoms with Crippen LogP contribution in [0.1, 0.15) is 16.2 Å². The lowest BCUT2D eigenvalue weighted by Crippen LogP contribution is -2.47. The van der Waals surface area contributed by atoms with Crippen LogP contribution in [0.3, 0.4) is 0 Å². The number of anilines is 1. The highest BCUT2D eigenvalue weighted by Gasteiger charge is 2.22. The Morgan fingerprint density at radius 2 is 1.93 bits per heavy atom. The van der Waals surface area contributed by atoms with E-state index < -0.39 is 0 Å². The number of furan rings is 1. The molecule has 1 aromatic carbocycles. The molecule has 2 aromatic heterocycles. The summed E-state index contributed by atoms with van der Waals surface area (Å²) >= 11 is 0. The van der Waals surface area contributed by atoms with Crippen LogP contribution in [0.15, 0.2) is 53.1 Å². The molecular formula is C22H26N4O2. The number of rotatable bonds is 5. The maximum atomic E-state index is 12.2. The molecule has 28 heavy (non-hydrogen) atoms. The minimum absolute atomic E-state index is 0.110. The van der Waals surface area contributed by atoms with Crippen molar-refractivity contribution in [1.29, 1.82) is 0 Å². The Kier molecular flexibility index (Phi) is 5.30. The van der Waals surface area contributed by atoms with Crippen LogP contribution >= 0.6 is 0 Å². The lowest BCUT2D eigenvalue weighted by Gasteiger charge is -2.36. The smallest absolute Gasteiger partial charge is 0.289 e. The van der Waals surface area contributed by atoms with Crippen LogP contribution in [0.25, 0.3) is 11.0 Å². The number of pyridine rings is 1. The van der Waals surface area contributed by atoms with Gasteiger partial charge in [0.2, 0.25) is 0 Å². The number of amides is 1. The molecule has 3 aromatic rings. The summed E-state index contributed by atoms with van der Waals surface area (Å²) in [6, 6.07) is 14.0.